The summed E-state index contributed by atoms with van der Waals surface area (Å²) in [6, 6.07) is 11.1. The van der Waals surface area contributed by atoms with E-state index < -0.39 is 38.7 Å². The number of carbonyl (C=O) groups excluding carboxylic acids is 1. The first kappa shape index (κ1) is 22.5. The van der Waals surface area contributed by atoms with Gasteiger partial charge in [-0.3, -0.25) is 14.6 Å². The minimum atomic E-state index is -3.85. The predicted molar refractivity (Wildman–Crippen MR) is 122 cm³/mol. The van der Waals surface area contributed by atoms with Crippen molar-refractivity contribution in [3.8, 4) is 11.1 Å². The number of nitrogens with zero attached hydrogens (tertiary/aromatic N) is 2. The van der Waals surface area contributed by atoms with Gasteiger partial charge in [0.15, 0.2) is 11.5 Å². The number of H-pyrrole nitrogens is 1. The number of carbonyl (C=O) groups is 1. The second-order valence-corrected chi connectivity index (χ2v) is 9.44. The lowest BCUT2D eigenvalue weighted by atomic mass is 10.0. The summed E-state index contributed by atoms with van der Waals surface area (Å²) in [5.74, 6) is -3.71. The van der Waals surface area contributed by atoms with Crippen molar-refractivity contribution in [3.05, 3.63) is 77.1 Å². The van der Waals surface area contributed by atoms with Gasteiger partial charge in [0.2, 0.25) is 15.8 Å². The zero-order valence-corrected chi connectivity index (χ0v) is 18.6. The van der Waals surface area contributed by atoms with Crippen LogP contribution in [-0.4, -0.2) is 35.1 Å². The molecule has 0 bridgehead atoms. The van der Waals surface area contributed by atoms with Gasteiger partial charge in [-0.1, -0.05) is 36.8 Å². The van der Waals surface area contributed by atoms with Gasteiger partial charge in [-0.15, -0.1) is 0 Å². The number of ketones is 1. The summed E-state index contributed by atoms with van der Waals surface area (Å²) in [6.45, 7) is 3.59. The maximum atomic E-state index is 15.1. The third-order valence-electron chi connectivity index (χ3n) is 5.04. The number of nitrogens with one attached hydrogen (secondary N) is 2. The average Bonchev–Trinajstić information content (AvgIpc) is 3.19. The Morgan fingerprint density at radius 3 is 2.64 bits per heavy atom. The third kappa shape index (κ3) is 4.47. The van der Waals surface area contributed by atoms with E-state index in [-0.39, 0.29) is 22.5 Å². The topological polar surface area (TPSA) is 105 Å². The monoisotopic (exact) mass is 470 g/mol. The minimum Gasteiger partial charge on any atom is -0.287 e. The molecule has 0 fully saturated rings. The standard InChI is InChI=1S/C23H20F2N4O3S/c1-3-9-33(31,32)29-18-8-7-17(24)19(20(18)25)22(30)21-16-11-15(12-26-23(16)28-27-21)14-6-4-5-13(2)10-14/h4-8,10-12,29H,3,9H2,1-2H3,(H,26,27,28). The van der Waals surface area contributed by atoms with Crippen LogP contribution in [0.2, 0.25) is 0 Å². The largest absolute Gasteiger partial charge is 0.287 e. The Morgan fingerprint density at radius 1 is 1.12 bits per heavy atom. The first-order chi connectivity index (χ1) is 15.7. The van der Waals surface area contributed by atoms with Crippen LogP contribution in [0.15, 0.2) is 48.7 Å². The molecule has 0 saturated heterocycles. The molecule has 170 valence electrons. The lowest BCUT2D eigenvalue weighted by molar-refractivity contribution is 0.102. The summed E-state index contributed by atoms with van der Waals surface area (Å²) in [7, 11) is -3.85. The van der Waals surface area contributed by atoms with Crippen LogP contribution in [-0.2, 0) is 10.0 Å². The highest BCUT2D eigenvalue weighted by Crippen LogP contribution is 2.29. The summed E-state index contributed by atoms with van der Waals surface area (Å²) in [4.78, 5) is 17.4. The number of rotatable bonds is 7. The van der Waals surface area contributed by atoms with Gasteiger partial charge in [-0.2, -0.15) is 5.10 Å². The molecule has 4 rings (SSSR count). The fraction of sp³-hybridized carbons (Fsp3) is 0.174. The molecule has 2 heterocycles. The molecule has 2 aromatic carbocycles. The normalized spacial score (nSPS) is 11.6. The van der Waals surface area contributed by atoms with Crippen LogP contribution < -0.4 is 4.72 Å². The van der Waals surface area contributed by atoms with Crippen molar-refractivity contribution in [1.82, 2.24) is 15.2 Å². The zero-order valence-electron chi connectivity index (χ0n) is 17.8. The molecule has 0 spiro atoms. The van der Waals surface area contributed by atoms with Crippen molar-refractivity contribution in [2.75, 3.05) is 10.5 Å². The highest BCUT2D eigenvalue weighted by atomic mass is 32.2. The van der Waals surface area contributed by atoms with E-state index in [0.717, 1.165) is 23.3 Å². The van der Waals surface area contributed by atoms with Crippen molar-refractivity contribution in [2.45, 2.75) is 20.3 Å². The number of halogens is 2. The Balaban J connectivity index is 1.79. The molecule has 2 aromatic heterocycles. The molecule has 0 aliphatic rings. The minimum absolute atomic E-state index is 0.224. The van der Waals surface area contributed by atoms with Crippen molar-refractivity contribution >= 4 is 32.5 Å². The number of hydrogen-bond acceptors (Lipinski definition) is 5. The molecule has 0 saturated carbocycles. The quantitative estimate of drug-likeness (QED) is 0.384. The van der Waals surface area contributed by atoms with Gasteiger partial charge in [0.05, 0.1) is 22.4 Å². The van der Waals surface area contributed by atoms with Gasteiger partial charge in [0.25, 0.3) is 0 Å². The second kappa shape index (κ2) is 8.70. The van der Waals surface area contributed by atoms with E-state index in [1.165, 1.54) is 0 Å². The molecule has 4 aromatic rings. The molecule has 0 atom stereocenters. The molecule has 10 heteroatoms. The molecule has 0 aliphatic heterocycles. The van der Waals surface area contributed by atoms with Crippen LogP contribution in [0, 0.1) is 18.6 Å². The smallest absolute Gasteiger partial charge is 0.232 e. The number of hydrogen-bond donors (Lipinski definition) is 2. The molecular weight excluding hydrogens is 450 g/mol. The molecule has 0 amide bonds. The second-order valence-electron chi connectivity index (χ2n) is 7.60. The number of fused-ring (bicyclic) bond motifs is 1. The van der Waals surface area contributed by atoms with Crippen LogP contribution in [0.5, 0.6) is 0 Å². The number of anilines is 1. The van der Waals surface area contributed by atoms with Gasteiger partial charge in [-0.25, -0.2) is 22.2 Å². The van der Waals surface area contributed by atoms with Gasteiger partial charge in [0.1, 0.15) is 11.5 Å². The number of pyridine rings is 1. The summed E-state index contributed by atoms with van der Waals surface area (Å²) in [5.41, 5.74) is 1.22. The highest BCUT2D eigenvalue weighted by Gasteiger charge is 2.27. The molecule has 0 aliphatic carbocycles. The maximum absolute atomic E-state index is 15.1. The van der Waals surface area contributed by atoms with Crippen LogP contribution >= 0.6 is 0 Å². The van der Waals surface area contributed by atoms with Gasteiger partial charge in [0, 0.05) is 11.8 Å². The first-order valence-electron chi connectivity index (χ1n) is 10.1. The van der Waals surface area contributed by atoms with Crippen LogP contribution in [0.25, 0.3) is 22.2 Å². The van der Waals surface area contributed by atoms with Gasteiger partial charge in [-0.05, 0) is 37.1 Å². The lowest BCUT2D eigenvalue weighted by Gasteiger charge is -2.11. The van der Waals surface area contributed by atoms with E-state index >= 15 is 4.39 Å². The van der Waals surface area contributed by atoms with Gasteiger partial charge < -0.3 is 0 Å². The predicted octanol–water partition coefficient (Wildman–Crippen LogP) is 4.59. The van der Waals surface area contributed by atoms with Crippen molar-refractivity contribution in [2.24, 2.45) is 0 Å². The van der Waals surface area contributed by atoms with Crippen molar-refractivity contribution < 1.29 is 22.0 Å². The van der Waals surface area contributed by atoms with Crippen LogP contribution in [0.1, 0.15) is 35.0 Å². The fourth-order valence-electron chi connectivity index (χ4n) is 3.50. The number of aromatic amines is 1. The lowest BCUT2D eigenvalue weighted by Crippen LogP contribution is -2.18. The Kier molecular flexibility index (Phi) is 5.94. The van der Waals surface area contributed by atoms with Crippen molar-refractivity contribution in [1.29, 1.82) is 0 Å². The fourth-order valence-corrected chi connectivity index (χ4v) is 4.64. The van der Waals surface area contributed by atoms with E-state index in [1.807, 2.05) is 31.2 Å². The van der Waals surface area contributed by atoms with E-state index in [0.29, 0.717) is 12.0 Å². The zero-order chi connectivity index (χ0) is 23.8. The summed E-state index contributed by atoms with van der Waals surface area (Å²) < 4.78 is 55.8. The Morgan fingerprint density at radius 2 is 1.91 bits per heavy atom. The average molecular weight is 471 g/mol. The van der Waals surface area contributed by atoms with E-state index in [4.69, 9.17) is 0 Å². The highest BCUT2D eigenvalue weighted by molar-refractivity contribution is 7.92. The Bertz CT molecular complexity index is 1480. The van der Waals surface area contributed by atoms with Gasteiger partial charge >= 0.3 is 0 Å². The van der Waals surface area contributed by atoms with Crippen LogP contribution in [0.4, 0.5) is 14.5 Å². The summed E-state index contributed by atoms with van der Waals surface area (Å²) >= 11 is 0. The first-order valence-corrected chi connectivity index (χ1v) is 11.8. The number of aryl methyl sites for hydroxylation is 1. The molecular formula is C23H20F2N4O3S. The van der Waals surface area contributed by atoms with E-state index in [1.54, 1.807) is 19.2 Å². The molecule has 2 N–H and O–H groups in total. The van der Waals surface area contributed by atoms with E-state index in [2.05, 4.69) is 19.9 Å². The summed E-state index contributed by atoms with van der Waals surface area (Å²) in [5, 5.41) is 6.82. The number of sulfonamides is 1. The van der Waals surface area contributed by atoms with Crippen LogP contribution in [0.3, 0.4) is 0 Å². The van der Waals surface area contributed by atoms with Crippen molar-refractivity contribution in [3.63, 3.8) is 0 Å². The molecule has 0 unspecified atom stereocenters. The maximum Gasteiger partial charge on any atom is 0.232 e. The number of benzene rings is 2. The SMILES string of the molecule is CCCS(=O)(=O)Nc1ccc(F)c(C(=O)c2n[nH]c3ncc(-c4cccc(C)c4)cc23)c1F. The molecule has 7 nitrogen and oxygen atoms in total. The Labute approximate surface area is 188 Å². The molecule has 0 radical (unpaired) electrons. The molecule has 33 heavy (non-hydrogen) atoms. The number of aromatic nitrogens is 3. The summed E-state index contributed by atoms with van der Waals surface area (Å²) in [6.07, 6.45) is 1.91. The Hall–Kier alpha value is -3.66. The third-order valence-corrected chi connectivity index (χ3v) is 6.52. The van der Waals surface area contributed by atoms with E-state index in [9.17, 15) is 17.6 Å².